The summed E-state index contributed by atoms with van der Waals surface area (Å²) in [6.07, 6.45) is 5.31. The van der Waals surface area contributed by atoms with Crippen LogP contribution in [0.25, 0.3) is 11.1 Å². The predicted octanol–water partition coefficient (Wildman–Crippen LogP) is 3.34. The summed E-state index contributed by atoms with van der Waals surface area (Å²) >= 11 is 0. The van der Waals surface area contributed by atoms with E-state index in [4.69, 9.17) is 10.7 Å². The molecule has 1 unspecified atom stereocenters. The second kappa shape index (κ2) is 8.54. The Kier molecular flexibility index (Phi) is 5.67. The van der Waals surface area contributed by atoms with E-state index in [1.807, 2.05) is 19.1 Å². The Morgan fingerprint density at radius 3 is 2.67 bits per heavy atom. The first-order valence-corrected chi connectivity index (χ1v) is 9.84. The van der Waals surface area contributed by atoms with Crippen LogP contribution >= 0.6 is 0 Å². The number of benzene rings is 1. The van der Waals surface area contributed by atoms with Gasteiger partial charge in [0.05, 0.1) is 18.3 Å². The van der Waals surface area contributed by atoms with Crippen molar-refractivity contribution in [2.75, 3.05) is 24.1 Å². The molecule has 1 aliphatic rings. The highest BCUT2D eigenvalue weighted by molar-refractivity contribution is 5.92. The van der Waals surface area contributed by atoms with Crippen LogP contribution in [0.2, 0.25) is 0 Å². The van der Waals surface area contributed by atoms with Gasteiger partial charge in [0.25, 0.3) is 0 Å². The maximum Gasteiger partial charge on any atom is 0.238 e. The van der Waals surface area contributed by atoms with Crippen LogP contribution < -0.4 is 11.1 Å². The molecule has 7 nitrogen and oxygen atoms in total. The van der Waals surface area contributed by atoms with Crippen molar-refractivity contribution < 1.29 is 9.18 Å². The maximum atomic E-state index is 13.1. The highest BCUT2D eigenvalue weighted by Crippen LogP contribution is 2.33. The number of halogens is 1. The van der Waals surface area contributed by atoms with Crippen molar-refractivity contribution in [1.29, 1.82) is 0 Å². The van der Waals surface area contributed by atoms with E-state index in [0.717, 1.165) is 41.9 Å². The summed E-state index contributed by atoms with van der Waals surface area (Å²) in [6.45, 7) is 3.01. The largest absolute Gasteiger partial charge is 0.368 e. The Morgan fingerprint density at radius 1 is 1.20 bits per heavy atom. The number of carbonyl (C=O) groups is 1. The van der Waals surface area contributed by atoms with E-state index in [2.05, 4.69) is 20.2 Å². The Balaban J connectivity index is 1.50. The Labute approximate surface area is 174 Å². The van der Waals surface area contributed by atoms with Crippen LogP contribution in [-0.4, -0.2) is 38.8 Å². The Morgan fingerprint density at radius 2 is 1.93 bits per heavy atom. The number of carbonyl (C=O) groups excluding carboxylic acids is 1. The normalized spacial score (nSPS) is 16.5. The number of nitrogens with zero attached hydrogens (tertiary/aromatic N) is 4. The lowest BCUT2D eigenvalue weighted by Crippen LogP contribution is -2.33. The first-order valence-electron chi connectivity index (χ1n) is 9.84. The lowest BCUT2D eigenvalue weighted by molar-refractivity contribution is -0.117. The molecule has 2 aromatic heterocycles. The average molecular weight is 406 g/mol. The van der Waals surface area contributed by atoms with Gasteiger partial charge in [0.15, 0.2) is 0 Å². The molecule has 0 saturated carbocycles. The number of nitrogens with two attached hydrogens (primary N) is 1. The molecular formula is C22H23FN6O. The number of anilines is 2. The highest BCUT2D eigenvalue weighted by atomic mass is 19.1. The van der Waals surface area contributed by atoms with Crippen LogP contribution in [0.5, 0.6) is 0 Å². The van der Waals surface area contributed by atoms with E-state index in [1.165, 1.54) is 12.1 Å². The lowest BCUT2D eigenvalue weighted by atomic mass is 10.0. The molecule has 3 N–H and O–H groups in total. The van der Waals surface area contributed by atoms with Crippen molar-refractivity contribution in [2.45, 2.75) is 25.8 Å². The molecule has 1 amide bonds. The molecule has 8 heteroatoms. The number of likely N-dealkylation sites (tertiary alicyclic amines) is 1. The van der Waals surface area contributed by atoms with E-state index in [9.17, 15) is 9.18 Å². The second-order valence-electron chi connectivity index (χ2n) is 7.44. The number of pyridine rings is 1. The molecule has 1 atom stereocenters. The first-order chi connectivity index (χ1) is 14.5. The van der Waals surface area contributed by atoms with Crippen LogP contribution in [0.4, 0.5) is 16.0 Å². The zero-order chi connectivity index (χ0) is 21.1. The predicted molar refractivity (Wildman–Crippen MR) is 113 cm³/mol. The fourth-order valence-corrected chi connectivity index (χ4v) is 3.79. The van der Waals surface area contributed by atoms with Crippen molar-refractivity contribution in [3.8, 4) is 11.1 Å². The molecule has 4 rings (SSSR count). The Bertz CT molecular complexity index is 1040. The van der Waals surface area contributed by atoms with Gasteiger partial charge in [-0.25, -0.2) is 14.4 Å². The van der Waals surface area contributed by atoms with Gasteiger partial charge < -0.3 is 11.1 Å². The zero-order valence-corrected chi connectivity index (χ0v) is 16.7. The number of nitrogen functional groups attached to an aromatic ring is 1. The molecule has 30 heavy (non-hydrogen) atoms. The van der Waals surface area contributed by atoms with Gasteiger partial charge in [-0.2, -0.15) is 0 Å². The van der Waals surface area contributed by atoms with E-state index in [0.29, 0.717) is 5.69 Å². The molecule has 0 radical (unpaired) electrons. The SMILES string of the molecule is Cc1cc(-c2cnc(N)nc2)cc(C2CCCN2CC(=O)Nc2ccc(F)cc2)n1. The standard InChI is InChI=1S/C22H23FN6O/c1-14-9-15(16-11-25-22(24)26-12-16)10-19(27-14)20-3-2-8-29(20)13-21(30)28-18-6-4-17(23)5-7-18/h4-7,9-12,20H,2-3,8,13H2,1H3,(H,28,30)(H2,24,25,26). The molecule has 1 aromatic carbocycles. The molecule has 3 heterocycles. The van der Waals surface area contributed by atoms with Crippen LogP contribution in [0.1, 0.15) is 30.3 Å². The number of aromatic nitrogens is 3. The summed E-state index contributed by atoms with van der Waals surface area (Å²) in [5.74, 6) is -0.229. The van der Waals surface area contributed by atoms with Crippen LogP contribution in [-0.2, 0) is 4.79 Å². The quantitative estimate of drug-likeness (QED) is 0.675. The molecular weight excluding hydrogens is 383 g/mol. The fourth-order valence-electron chi connectivity index (χ4n) is 3.79. The molecule has 1 aliphatic heterocycles. The molecule has 154 valence electrons. The number of hydrogen-bond acceptors (Lipinski definition) is 6. The van der Waals surface area contributed by atoms with Gasteiger partial charge in [-0.3, -0.25) is 14.7 Å². The summed E-state index contributed by atoms with van der Waals surface area (Å²) in [5, 5.41) is 2.83. The third-order valence-electron chi connectivity index (χ3n) is 5.16. The fraction of sp³-hybridized carbons (Fsp3) is 0.273. The highest BCUT2D eigenvalue weighted by Gasteiger charge is 2.29. The minimum atomic E-state index is -0.333. The average Bonchev–Trinajstić information content (AvgIpc) is 3.18. The van der Waals surface area contributed by atoms with Gasteiger partial charge in [-0.15, -0.1) is 0 Å². The van der Waals surface area contributed by atoms with Crippen molar-refractivity contribution in [3.05, 3.63) is 66.0 Å². The topological polar surface area (TPSA) is 97.0 Å². The third kappa shape index (κ3) is 4.60. The molecule has 0 spiro atoms. The minimum Gasteiger partial charge on any atom is -0.368 e. The summed E-state index contributed by atoms with van der Waals surface area (Å²) in [5.41, 5.74) is 9.83. The smallest absolute Gasteiger partial charge is 0.238 e. The van der Waals surface area contributed by atoms with E-state index in [-0.39, 0.29) is 30.3 Å². The molecule has 0 bridgehead atoms. The number of amides is 1. The van der Waals surface area contributed by atoms with Gasteiger partial charge in [0.2, 0.25) is 11.9 Å². The van der Waals surface area contributed by atoms with Crippen molar-refractivity contribution >= 4 is 17.5 Å². The van der Waals surface area contributed by atoms with Gasteiger partial charge in [-0.05, 0) is 68.3 Å². The molecule has 0 aliphatic carbocycles. The summed E-state index contributed by atoms with van der Waals surface area (Å²) in [7, 11) is 0. The van der Waals surface area contributed by atoms with Crippen LogP contribution in [0.15, 0.2) is 48.8 Å². The monoisotopic (exact) mass is 406 g/mol. The van der Waals surface area contributed by atoms with Gasteiger partial charge >= 0.3 is 0 Å². The summed E-state index contributed by atoms with van der Waals surface area (Å²) in [6, 6.07) is 9.83. The van der Waals surface area contributed by atoms with Crippen LogP contribution in [0, 0.1) is 12.7 Å². The van der Waals surface area contributed by atoms with Crippen molar-refractivity contribution in [1.82, 2.24) is 19.9 Å². The second-order valence-corrected chi connectivity index (χ2v) is 7.44. The summed E-state index contributed by atoms with van der Waals surface area (Å²) < 4.78 is 13.1. The number of rotatable bonds is 5. The Hall–Kier alpha value is -3.39. The molecule has 1 fully saturated rings. The number of hydrogen-bond donors (Lipinski definition) is 2. The molecule has 1 saturated heterocycles. The van der Waals surface area contributed by atoms with E-state index >= 15 is 0 Å². The molecule has 3 aromatic rings. The summed E-state index contributed by atoms with van der Waals surface area (Å²) in [4.78, 5) is 27.5. The number of aryl methyl sites for hydroxylation is 1. The minimum absolute atomic E-state index is 0.0531. The van der Waals surface area contributed by atoms with Crippen LogP contribution in [0.3, 0.4) is 0 Å². The van der Waals surface area contributed by atoms with Gasteiger partial charge in [-0.1, -0.05) is 0 Å². The van der Waals surface area contributed by atoms with Gasteiger partial charge in [0, 0.05) is 29.3 Å². The van der Waals surface area contributed by atoms with Crippen molar-refractivity contribution in [2.24, 2.45) is 0 Å². The van der Waals surface area contributed by atoms with E-state index < -0.39 is 0 Å². The van der Waals surface area contributed by atoms with Crippen molar-refractivity contribution in [3.63, 3.8) is 0 Å². The lowest BCUT2D eigenvalue weighted by Gasteiger charge is -2.24. The third-order valence-corrected chi connectivity index (χ3v) is 5.16. The first kappa shape index (κ1) is 19.9. The van der Waals surface area contributed by atoms with E-state index in [1.54, 1.807) is 24.5 Å². The number of nitrogens with one attached hydrogen (secondary N) is 1. The van der Waals surface area contributed by atoms with Gasteiger partial charge in [0.1, 0.15) is 5.82 Å². The maximum absolute atomic E-state index is 13.1. The zero-order valence-electron chi connectivity index (χ0n) is 16.7.